The second-order valence-electron chi connectivity index (χ2n) is 7.60. The first-order valence-corrected chi connectivity index (χ1v) is 10.9. The van der Waals surface area contributed by atoms with E-state index >= 15 is 0 Å². The SMILES string of the molecule is COc1cc([C@@H](F)CNC(=O)c2c(Oc3cccc(C(F)(F)F)c3)nnc3ccccc23)ccc1Cl. The van der Waals surface area contributed by atoms with Gasteiger partial charge in [0.1, 0.15) is 23.2 Å². The van der Waals surface area contributed by atoms with Crippen LogP contribution in [0.4, 0.5) is 17.6 Å². The highest BCUT2D eigenvalue weighted by Gasteiger charge is 2.31. The lowest BCUT2D eigenvalue weighted by atomic mass is 10.1. The number of carbonyl (C=O) groups is 1. The number of alkyl halides is 4. The van der Waals surface area contributed by atoms with Gasteiger partial charge in [-0.15, -0.1) is 10.2 Å². The Bertz CT molecular complexity index is 1420. The van der Waals surface area contributed by atoms with Crippen molar-refractivity contribution < 1.29 is 31.8 Å². The van der Waals surface area contributed by atoms with Gasteiger partial charge in [-0.2, -0.15) is 13.2 Å². The molecule has 6 nitrogen and oxygen atoms in total. The fraction of sp³-hybridized carbons (Fsp3) is 0.160. The molecule has 1 heterocycles. The molecule has 186 valence electrons. The van der Waals surface area contributed by atoms with Gasteiger partial charge in [0.25, 0.3) is 11.8 Å². The van der Waals surface area contributed by atoms with Gasteiger partial charge in [-0.25, -0.2) is 4.39 Å². The molecule has 36 heavy (non-hydrogen) atoms. The standard InChI is InChI=1S/C25H18ClF4N3O3/c1-35-21-11-14(9-10-18(21)26)19(27)13-31-23(34)22-17-7-2-3-8-20(17)32-33-24(22)36-16-6-4-5-15(12-16)25(28,29)30/h2-12,19H,13H2,1H3,(H,31,34)/t19-/m0/s1. The number of methoxy groups -OCH3 is 1. The van der Waals surface area contributed by atoms with Crippen LogP contribution in [0.2, 0.25) is 5.02 Å². The molecule has 4 aromatic rings. The summed E-state index contributed by atoms with van der Waals surface area (Å²) in [7, 11) is 1.40. The first kappa shape index (κ1) is 25.2. The molecule has 0 aliphatic carbocycles. The number of amides is 1. The van der Waals surface area contributed by atoms with Crippen molar-refractivity contribution in [3.05, 3.63) is 88.4 Å². The molecule has 1 atom stereocenters. The largest absolute Gasteiger partial charge is 0.495 e. The van der Waals surface area contributed by atoms with Crippen LogP contribution in [0.15, 0.2) is 66.7 Å². The Balaban J connectivity index is 1.62. The van der Waals surface area contributed by atoms with Crippen LogP contribution in [-0.4, -0.2) is 29.8 Å². The minimum Gasteiger partial charge on any atom is -0.495 e. The minimum atomic E-state index is -4.59. The van der Waals surface area contributed by atoms with Gasteiger partial charge in [0.15, 0.2) is 0 Å². The number of nitrogens with one attached hydrogen (secondary N) is 1. The van der Waals surface area contributed by atoms with Gasteiger partial charge in [0.05, 0.1) is 29.8 Å². The molecular weight excluding hydrogens is 502 g/mol. The number of hydrogen-bond acceptors (Lipinski definition) is 5. The molecule has 1 N–H and O–H groups in total. The first-order valence-electron chi connectivity index (χ1n) is 10.5. The number of carbonyl (C=O) groups excluding carboxylic acids is 1. The second-order valence-corrected chi connectivity index (χ2v) is 8.00. The van der Waals surface area contributed by atoms with Crippen molar-refractivity contribution >= 4 is 28.4 Å². The molecular formula is C25H18ClF4N3O3. The normalized spacial score (nSPS) is 12.3. The van der Waals surface area contributed by atoms with E-state index in [0.717, 1.165) is 12.1 Å². The summed E-state index contributed by atoms with van der Waals surface area (Å²) >= 11 is 5.98. The Morgan fingerprint density at radius 1 is 1.06 bits per heavy atom. The van der Waals surface area contributed by atoms with Crippen LogP contribution in [0.1, 0.15) is 27.7 Å². The van der Waals surface area contributed by atoms with E-state index in [-0.39, 0.29) is 28.5 Å². The Kier molecular flexibility index (Phi) is 7.25. The fourth-order valence-electron chi connectivity index (χ4n) is 3.43. The summed E-state index contributed by atoms with van der Waals surface area (Å²) < 4.78 is 64.9. The third-order valence-electron chi connectivity index (χ3n) is 5.22. The van der Waals surface area contributed by atoms with Gasteiger partial charge in [0, 0.05) is 5.39 Å². The van der Waals surface area contributed by atoms with E-state index in [4.69, 9.17) is 21.1 Å². The van der Waals surface area contributed by atoms with E-state index in [9.17, 15) is 22.4 Å². The third-order valence-corrected chi connectivity index (χ3v) is 5.53. The lowest BCUT2D eigenvalue weighted by Crippen LogP contribution is -2.28. The average molecular weight is 520 g/mol. The molecule has 0 radical (unpaired) electrons. The zero-order valence-corrected chi connectivity index (χ0v) is 19.4. The zero-order chi connectivity index (χ0) is 25.9. The van der Waals surface area contributed by atoms with Gasteiger partial charge in [-0.05, 0) is 42.0 Å². The number of benzene rings is 3. The quantitative estimate of drug-likeness (QED) is 0.281. The highest BCUT2D eigenvalue weighted by atomic mass is 35.5. The molecule has 0 spiro atoms. The van der Waals surface area contributed by atoms with Crippen molar-refractivity contribution in [1.82, 2.24) is 15.5 Å². The number of fused-ring (bicyclic) bond motifs is 1. The molecule has 11 heteroatoms. The number of nitrogens with zero attached hydrogens (tertiary/aromatic N) is 2. The van der Waals surface area contributed by atoms with E-state index in [1.54, 1.807) is 24.3 Å². The maximum atomic E-state index is 14.9. The Morgan fingerprint density at radius 3 is 2.58 bits per heavy atom. The fourth-order valence-corrected chi connectivity index (χ4v) is 3.63. The molecule has 1 amide bonds. The molecule has 0 saturated carbocycles. The van der Waals surface area contributed by atoms with Crippen molar-refractivity contribution in [3.63, 3.8) is 0 Å². The summed E-state index contributed by atoms with van der Waals surface area (Å²) in [5.74, 6) is -0.981. The molecule has 1 aromatic heterocycles. The third kappa shape index (κ3) is 5.49. The Labute approximate surface area is 207 Å². The molecule has 3 aromatic carbocycles. The van der Waals surface area contributed by atoms with Crippen LogP contribution in [0.3, 0.4) is 0 Å². The van der Waals surface area contributed by atoms with Crippen molar-refractivity contribution in [2.24, 2.45) is 0 Å². The predicted octanol–water partition coefficient (Wildman–Crippen LogP) is 6.54. The monoisotopic (exact) mass is 519 g/mol. The van der Waals surface area contributed by atoms with E-state index in [1.807, 2.05) is 0 Å². The molecule has 0 saturated heterocycles. The molecule has 0 bridgehead atoms. The Hall–Kier alpha value is -3.92. The van der Waals surface area contributed by atoms with Crippen LogP contribution in [-0.2, 0) is 6.18 Å². The van der Waals surface area contributed by atoms with Crippen molar-refractivity contribution in [1.29, 1.82) is 0 Å². The summed E-state index contributed by atoms with van der Waals surface area (Å²) in [6.45, 7) is -0.413. The maximum absolute atomic E-state index is 14.9. The zero-order valence-electron chi connectivity index (χ0n) is 18.6. The van der Waals surface area contributed by atoms with Crippen LogP contribution in [0.5, 0.6) is 17.4 Å². The van der Waals surface area contributed by atoms with Gasteiger partial charge in [-0.1, -0.05) is 41.9 Å². The smallest absolute Gasteiger partial charge is 0.416 e. The number of hydrogen-bond donors (Lipinski definition) is 1. The van der Waals surface area contributed by atoms with Gasteiger partial charge in [0.2, 0.25) is 0 Å². The second kappa shape index (κ2) is 10.4. The lowest BCUT2D eigenvalue weighted by Gasteiger charge is -2.15. The van der Waals surface area contributed by atoms with Crippen molar-refractivity contribution in [2.75, 3.05) is 13.7 Å². The highest BCUT2D eigenvalue weighted by Crippen LogP contribution is 2.34. The lowest BCUT2D eigenvalue weighted by molar-refractivity contribution is -0.137. The average Bonchev–Trinajstić information content (AvgIpc) is 2.87. The maximum Gasteiger partial charge on any atom is 0.416 e. The summed E-state index contributed by atoms with van der Waals surface area (Å²) in [5, 5.41) is 11.0. The number of aromatic nitrogens is 2. The van der Waals surface area contributed by atoms with Crippen LogP contribution in [0.25, 0.3) is 10.9 Å². The van der Waals surface area contributed by atoms with E-state index in [2.05, 4.69) is 15.5 Å². The van der Waals surface area contributed by atoms with Crippen LogP contribution < -0.4 is 14.8 Å². The minimum absolute atomic E-state index is 0.0982. The summed E-state index contributed by atoms with van der Waals surface area (Å²) in [4.78, 5) is 13.2. The summed E-state index contributed by atoms with van der Waals surface area (Å²) in [5.41, 5.74) is -0.453. The highest BCUT2D eigenvalue weighted by molar-refractivity contribution is 6.32. The topological polar surface area (TPSA) is 73.3 Å². The van der Waals surface area contributed by atoms with E-state index < -0.39 is 30.4 Å². The van der Waals surface area contributed by atoms with Crippen molar-refractivity contribution in [3.8, 4) is 17.4 Å². The number of halogens is 5. The van der Waals surface area contributed by atoms with Crippen molar-refractivity contribution in [2.45, 2.75) is 12.3 Å². The van der Waals surface area contributed by atoms with Gasteiger partial charge in [-0.3, -0.25) is 4.79 Å². The molecule has 0 unspecified atom stereocenters. The van der Waals surface area contributed by atoms with E-state index in [1.165, 1.54) is 37.4 Å². The molecule has 0 aliphatic heterocycles. The summed E-state index contributed by atoms with van der Waals surface area (Å²) in [6, 6.07) is 15.0. The summed E-state index contributed by atoms with van der Waals surface area (Å²) in [6.07, 6.45) is -6.19. The molecule has 0 aliphatic rings. The molecule has 0 fully saturated rings. The molecule has 4 rings (SSSR count). The van der Waals surface area contributed by atoms with Crippen LogP contribution >= 0.6 is 11.6 Å². The van der Waals surface area contributed by atoms with Gasteiger partial charge < -0.3 is 14.8 Å². The predicted molar refractivity (Wildman–Crippen MR) is 125 cm³/mol. The van der Waals surface area contributed by atoms with Gasteiger partial charge >= 0.3 is 6.18 Å². The van der Waals surface area contributed by atoms with Crippen LogP contribution in [0, 0.1) is 0 Å². The number of ether oxygens (including phenoxy) is 2. The first-order chi connectivity index (χ1) is 17.2. The van der Waals surface area contributed by atoms with E-state index in [0.29, 0.717) is 15.9 Å². The Morgan fingerprint density at radius 2 is 1.83 bits per heavy atom. The number of rotatable bonds is 7.